The standard InChI is InChI=1S/C14H22N2O2S/c1-14(15,13-6-3-2-4-7-13)12-16-8-5-10-19(17,18)11-9-16/h2-4,6-7H,5,8-12,15H2,1H3. The predicted molar refractivity (Wildman–Crippen MR) is 77.7 cm³/mol. The van der Waals surface area contributed by atoms with Crippen LogP contribution >= 0.6 is 0 Å². The average Bonchev–Trinajstić information content (AvgIpc) is 2.52. The van der Waals surface area contributed by atoms with Crippen LogP contribution in [0, 0.1) is 0 Å². The maximum Gasteiger partial charge on any atom is 0.151 e. The Morgan fingerprint density at radius 3 is 2.58 bits per heavy atom. The molecule has 0 amide bonds. The molecular formula is C14H22N2O2S. The van der Waals surface area contributed by atoms with E-state index in [4.69, 9.17) is 5.73 Å². The van der Waals surface area contributed by atoms with Gasteiger partial charge in [0.25, 0.3) is 0 Å². The van der Waals surface area contributed by atoms with Crippen molar-refractivity contribution in [1.82, 2.24) is 4.90 Å². The van der Waals surface area contributed by atoms with Crippen LogP contribution in [0.4, 0.5) is 0 Å². The fraction of sp³-hybridized carbons (Fsp3) is 0.571. The molecule has 1 aromatic carbocycles. The van der Waals surface area contributed by atoms with E-state index in [-0.39, 0.29) is 5.75 Å². The summed E-state index contributed by atoms with van der Waals surface area (Å²) in [4.78, 5) is 2.16. The van der Waals surface area contributed by atoms with Crippen LogP contribution in [0.2, 0.25) is 0 Å². The number of rotatable bonds is 3. The van der Waals surface area contributed by atoms with Gasteiger partial charge in [0, 0.05) is 13.1 Å². The second-order valence-electron chi connectivity index (χ2n) is 5.57. The van der Waals surface area contributed by atoms with E-state index in [2.05, 4.69) is 4.90 Å². The highest BCUT2D eigenvalue weighted by atomic mass is 32.2. The SMILES string of the molecule is CC(N)(CN1CCCS(=O)(=O)CC1)c1ccccc1. The minimum absolute atomic E-state index is 0.248. The maximum absolute atomic E-state index is 11.6. The maximum atomic E-state index is 11.6. The summed E-state index contributed by atoms with van der Waals surface area (Å²) in [6.07, 6.45) is 0.702. The Bertz CT molecular complexity index is 512. The summed E-state index contributed by atoms with van der Waals surface area (Å²) in [5.41, 5.74) is 7.03. The second kappa shape index (κ2) is 5.61. The van der Waals surface area contributed by atoms with E-state index in [0.717, 1.165) is 12.1 Å². The molecule has 1 unspecified atom stereocenters. The Morgan fingerprint density at radius 1 is 1.21 bits per heavy atom. The van der Waals surface area contributed by atoms with E-state index in [1.54, 1.807) is 0 Å². The zero-order chi connectivity index (χ0) is 13.9. The molecule has 0 bridgehead atoms. The van der Waals surface area contributed by atoms with Gasteiger partial charge in [0.05, 0.1) is 17.0 Å². The number of benzene rings is 1. The molecule has 19 heavy (non-hydrogen) atoms. The van der Waals surface area contributed by atoms with Crippen LogP contribution in [0.1, 0.15) is 18.9 Å². The van der Waals surface area contributed by atoms with Crippen molar-refractivity contribution >= 4 is 9.84 Å². The molecule has 0 spiro atoms. The van der Waals surface area contributed by atoms with Gasteiger partial charge in [-0.05, 0) is 25.5 Å². The number of sulfone groups is 1. The molecule has 5 heteroatoms. The molecule has 1 atom stereocenters. The van der Waals surface area contributed by atoms with Gasteiger partial charge in [0.1, 0.15) is 0 Å². The van der Waals surface area contributed by atoms with E-state index in [9.17, 15) is 8.42 Å². The van der Waals surface area contributed by atoms with Crippen molar-refractivity contribution in [3.05, 3.63) is 35.9 Å². The van der Waals surface area contributed by atoms with Crippen molar-refractivity contribution < 1.29 is 8.42 Å². The number of nitrogens with zero attached hydrogens (tertiary/aromatic N) is 1. The Morgan fingerprint density at radius 2 is 1.89 bits per heavy atom. The first-order valence-electron chi connectivity index (χ1n) is 6.66. The highest BCUT2D eigenvalue weighted by Crippen LogP contribution is 2.19. The fourth-order valence-electron chi connectivity index (χ4n) is 2.52. The molecule has 4 nitrogen and oxygen atoms in total. The van der Waals surface area contributed by atoms with Gasteiger partial charge in [-0.25, -0.2) is 8.42 Å². The molecule has 1 heterocycles. The zero-order valence-electron chi connectivity index (χ0n) is 11.4. The lowest BCUT2D eigenvalue weighted by atomic mass is 9.92. The average molecular weight is 282 g/mol. The van der Waals surface area contributed by atoms with E-state index < -0.39 is 15.4 Å². The van der Waals surface area contributed by atoms with Gasteiger partial charge in [-0.1, -0.05) is 30.3 Å². The van der Waals surface area contributed by atoms with Crippen LogP contribution in [-0.4, -0.2) is 44.5 Å². The van der Waals surface area contributed by atoms with E-state index in [1.165, 1.54) is 0 Å². The first-order chi connectivity index (χ1) is 8.89. The summed E-state index contributed by atoms with van der Waals surface area (Å²) >= 11 is 0. The summed E-state index contributed by atoms with van der Waals surface area (Å²) in [5, 5.41) is 0. The molecule has 1 aromatic rings. The third-order valence-corrected chi connectivity index (χ3v) is 5.35. The lowest BCUT2D eigenvalue weighted by molar-refractivity contribution is 0.232. The van der Waals surface area contributed by atoms with E-state index >= 15 is 0 Å². The first-order valence-corrected chi connectivity index (χ1v) is 8.48. The van der Waals surface area contributed by atoms with Gasteiger partial charge in [-0.2, -0.15) is 0 Å². The van der Waals surface area contributed by atoms with Crippen LogP contribution in [0.25, 0.3) is 0 Å². The van der Waals surface area contributed by atoms with Gasteiger partial charge in [-0.15, -0.1) is 0 Å². The van der Waals surface area contributed by atoms with Crippen molar-refractivity contribution in [2.45, 2.75) is 18.9 Å². The topological polar surface area (TPSA) is 63.4 Å². The van der Waals surface area contributed by atoms with Crippen LogP contribution in [0.5, 0.6) is 0 Å². The molecule has 0 aliphatic carbocycles. The van der Waals surface area contributed by atoms with Gasteiger partial charge >= 0.3 is 0 Å². The van der Waals surface area contributed by atoms with Crippen LogP contribution in [-0.2, 0) is 15.4 Å². The Labute approximate surface area is 115 Å². The Balaban J connectivity index is 2.04. The summed E-state index contributed by atoms with van der Waals surface area (Å²) in [6.45, 7) is 4.08. The second-order valence-corrected chi connectivity index (χ2v) is 7.87. The van der Waals surface area contributed by atoms with Crippen LogP contribution in [0.15, 0.2) is 30.3 Å². The molecule has 1 aliphatic heterocycles. The minimum atomic E-state index is -2.85. The summed E-state index contributed by atoms with van der Waals surface area (Å²) in [6, 6.07) is 9.97. The molecule has 1 fully saturated rings. The van der Waals surface area contributed by atoms with Gasteiger partial charge in [-0.3, -0.25) is 0 Å². The highest BCUT2D eigenvalue weighted by molar-refractivity contribution is 7.91. The lowest BCUT2D eigenvalue weighted by Gasteiger charge is -2.32. The summed E-state index contributed by atoms with van der Waals surface area (Å²) in [7, 11) is -2.85. The Kier molecular flexibility index (Phi) is 4.28. The molecular weight excluding hydrogens is 260 g/mol. The molecule has 2 N–H and O–H groups in total. The molecule has 1 saturated heterocycles. The van der Waals surface area contributed by atoms with Gasteiger partial charge in [0.15, 0.2) is 9.84 Å². The molecule has 0 aromatic heterocycles. The molecule has 2 rings (SSSR count). The molecule has 0 radical (unpaired) electrons. The third-order valence-electron chi connectivity index (χ3n) is 3.63. The molecule has 1 aliphatic rings. The number of hydrogen-bond acceptors (Lipinski definition) is 4. The summed E-state index contributed by atoms with van der Waals surface area (Å²) in [5.74, 6) is 0.550. The largest absolute Gasteiger partial charge is 0.321 e. The van der Waals surface area contributed by atoms with Crippen molar-refractivity contribution in [2.24, 2.45) is 5.73 Å². The van der Waals surface area contributed by atoms with Crippen molar-refractivity contribution in [1.29, 1.82) is 0 Å². The van der Waals surface area contributed by atoms with Gasteiger partial charge in [0.2, 0.25) is 0 Å². The molecule has 0 saturated carbocycles. The predicted octanol–water partition coefficient (Wildman–Crippen LogP) is 0.981. The first kappa shape index (κ1) is 14.5. The van der Waals surface area contributed by atoms with Crippen molar-refractivity contribution in [2.75, 3.05) is 31.1 Å². The van der Waals surface area contributed by atoms with Crippen LogP contribution < -0.4 is 5.73 Å². The monoisotopic (exact) mass is 282 g/mol. The van der Waals surface area contributed by atoms with Crippen molar-refractivity contribution in [3.8, 4) is 0 Å². The van der Waals surface area contributed by atoms with Gasteiger partial charge < -0.3 is 10.6 Å². The van der Waals surface area contributed by atoms with Crippen molar-refractivity contribution in [3.63, 3.8) is 0 Å². The minimum Gasteiger partial charge on any atom is -0.321 e. The fourth-order valence-corrected chi connectivity index (χ4v) is 3.83. The number of nitrogens with two attached hydrogens (primary N) is 1. The lowest BCUT2D eigenvalue weighted by Crippen LogP contribution is -2.46. The van der Waals surface area contributed by atoms with E-state index in [1.807, 2.05) is 37.3 Å². The summed E-state index contributed by atoms with van der Waals surface area (Å²) < 4.78 is 23.2. The normalized spacial score (nSPS) is 23.5. The Hall–Kier alpha value is -0.910. The third kappa shape index (κ3) is 4.03. The smallest absolute Gasteiger partial charge is 0.151 e. The van der Waals surface area contributed by atoms with Crippen LogP contribution in [0.3, 0.4) is 0 Å². The zero-order valence-corrected chi connectivity index (χ0v) is 12.2. The quantitative estimate of drug-likeness (QED) is 0.897. The van der Waals surface area contributed by atoms with E-state index in [0.29, 0.717) is 25.3 Å². The number of hydrogen-bond donors (Lipinski definition) is 1. The molecule has 106 valence electrons. The highest BCUT2D eigenvalue weighted by Gasteiger charge is 2.27.